The van der Waals surface area contributed by atoms with E-state index in [-0.39, 0.29) is 0 Å². The van der Waals surface area contributed by atoms with Crippen LogP contribution in [0.5, 0.6) is 0 Å². The summed E-state index contributed by atoms with van der Waals surface area (Å²) < 4.78 is 3.37. The first-order valence-electron chi connectivity index (χ1n) is 7.61. The number of nitrogens with zero attached hydrogens (tertiary/aromatic N) is 3. The minimum absolute atomic E-state index is 0.961. The van der Waals surface area contributed by atoms with Crippen molar-refractivity contribution in [2.75, 3.05) is 13.1 Å². The first-order chi connectivity index (χ1) is 9.17. The smallest absolute Gasteiger partial charge is 0.0739 e. The molecule has 2 aliphatic rings. The van der Waals surface area contributed by atoms with E-state index in [0.717, 1.165) is 30.6 Å². The first-order valence-corrected chi connectivity index (χ1v) is 8.40. The van der Waals surface area contributed by atoms with Crippen molar-refractivity contribution in [2.24, 2.45) is 11.8 Å². The van der Waals surface area contributed by atoms with E-state index in [4.69, 9.17) is 0 Å². The maximum atomic E-state index is 4.61. The molecule has 4 heteroatoms. The van der Waals surface area contributed by atoms with Crippen LogP contribution in [0, 0.1) is 18.8 Å². The van der Waals surface area contributed by atoms with E-state index in [0.29, 0.717) is 0 Å². The molecule has 19 heavy (non-hydrogen) atoms. The summed E-state index contributed by atoms with van der Waals surface area (Å²) in [6.07, 6.45) is 5.76. The van der Waals surface area contributed by atoms with Gasteiger partial charge in [0.1, 0.15) is 0 Å². The Morgan fingerprint density at radius 2 is 1.79 bits per heavy atom. The fraction of sp³-hybridized carbons (Fsp3) is 0.800. The average Bonchev–Trinajstić information content (AvgIpc) is 3.28. The molecule has 2 aliphatic carbocycles. The summed E-state index contributed by atoms with van der Waals surface area (Å²) >= 11 is 3.72. The van der Waals surface area contributed by atoms with E-state index in [2.05, 4.69) is 44.5 Å². The zero-order valence-corrected chi connectivity index (χ0v) is 13.6. The fourth-order valence-corrected chi connectivity index (χ4v) is 3.18. The SMILES string of the molecule is CCn1nc(C)c(Br)c1CN(CC1CC1)CC1CC1. The molecule has 0 bridgehead atoms. The highest BCUT2D eigenvalue weighted by atomic mass is 79.9. The fourth-order valence-electron chi connectivity index (χ4n) is 2.77. The molecule has 0 aromatic carbocycles. The molecule has 3 nitrogen and oxygen atoms in total. The Kier molecular flexibility index (Phi) is 3.99. The number of aromatic nitrogens is 2. The minimum atomic E-state index is 0.961. The van der Waals surface area contributed by atoms with Gasteiger partial charge in [0.05, 0.1) is 15.9 Å². The maximum Gasteiger partial charge on any atom is 0.0739 e. The topological polar surface area (TPSA) is 21.1 Å². The van der Waals surface area contributed by atoms with Gasteiger partial charge in [0.25, 0.3) is 0 Å². The van der Waals surface area contributed by atoms with Crippen molar-refractivity contribution in [2.45, 2.75) is 52.6 Å². The van der Waals surface area contributed by atoms with Gasteiger partial charge in [-0.05, 0) is 67.3 Å². The van der Waals surface area contributed by atoms with Gasteiger partial charge in [-0.2, -0.15) is 5.10 Å². The Morgan fingerprint density at radius 3 is 2.26 bits per heavy atom. The first kappa shape index (κ1) is 13.6. The van der Waals surface area contributed by atoms with Crippen LogP contribution in [0.2, 0.25) is 0 Å². The molecule has 0 radical (unpaired) electrons. The molecule has 3 rings (SSSR count). The van der Waals surface area contributed by atoms with Crippen molar-refractivity contribution in [1.82, 2.24) is 14.7 Å². The molecule has 0 unspecified atom stereocenters. The second-order valence-electron chi connectivity index (χ2n) is 6.24. The molecule has 0 aliphatic heterocycles. The van der Waals surface area contributed by atoms with Gasteiger partial charge in [0, 0.05) is 26.2 Å². The number of halogens is 1. The molecule has 1 aromatic heterocycles. The Morgan fingerprint density at radius 1 is 1.21 bits per heavy atom. The van der Waals surface area contributed by atoms with Gasteiger partial charge >= 0.3 is 0 Å². The summed E-state index contributed by atoms with van der Waals surface area (Å²) in [5.41, 5.74) is 2.48. The van der Waals surface area contributed by atoms with Crippen LogP contribution in [0.3, 0.4) is 0 Å². The lowest BCUT2D eigenvalue weighted by atomic mass is 10.2. The molecule has 0 atom stereocenters. The number of hydrogen-bond donors (Lipinski definition) is 0. The van der Waals surface area contributed by atoms with E-state index in [1.165, 1.54) is 48.9 Å². The van der Waals surface area contributed by atoms with Crippen LogP contribution in [0.25, 0.3) is 0 Å². The summed E-state index contributed by atoms with van der Waals surface area (Å²) in [6.45, 7) is 8.86. The lowest BCUT2D eigenvalue weighted by molar-refractivity contribution is 0.236. The molecule has 1 aromatic rings. The van der Waals surface area contributed by atoms with Crippen LogP contribution in [0.15, 0.2) is 4.47 Å². The van der Waals surface area contributed by atoms with Gasteiger partial charge in [0.15, 0.2) is 0 Å². The normalized spacial score (nSPS) is 19.4. The lowest BCUT2D eigenvalue weighted by Crippen LogP contribution is -2.29. The van der Waals surface area contributed by atoms with Crippen molar-refractivity contribution in [1.29, 1.82) is 0 Å². The number of rotatable bonds is 7. The summed E-state index contributed by atoms with van der Waals surface area (Å²) in [5.74, 6) is 1.94. The van der Waals surface area contributed by atoms with Crippen molar-refractivity contribution in [3.05, 3.63) is 15.9 Å². The molecule has 0 saturated heterocycles. The third kappa shape index (κ3) is 3.40. The van der Waals surface area contributed by atoms with E-state index in [9.17, 15) is 0 Å². The largest absolute Gasteiger partial charge is 0.297 e. The summed E-state index contributed by atoms with van der Waals surface area (Å²) in [7, 11) is 0. The second-order valence-corrected chi connectivity index (χ2v) is 7.04. The molecule has 0 N–H and O–H groups in total. The maximum absolute atomic E-state index is 4.61. The average molecular weight is 326 g/mol. The lowest BCUT2D eigenvalue weighted by Gasteiger charge is -2.22. The highest BCUT2D eigenvalue weighted by molar-refractivity contribution is 9.10. The monoisotopic (exact) mass is 325 g/mol. The highest BCUT2D eigenvalue weighted by Gasteiger charge is 2.30. The second kappa shape index (κ2) is 5.57. The predicted octanol–water partition coefficient (Wildman–Crippen LogP) is 3.60. The van der Waals surface area contributed by atoms with Gasteiger partial charge in [-0.3, -0.25) is 9.58 Å². The molecule has 0 spiro atoms. The van der Waals surface area contributed by atoms with Gasteiger partial charge in [-0.1, -0.05) is 0 Å². The molecule has 2 fully saturated rings. The molecule has 0 amide bonds. The van der Waals surface area contributed by atoms with Gasteiger partial charge in [-0.25, -0.2) is 0 Å². The zero-order chi connectivity index (χ0) is 13.4. The quantitative estimate of drug-likeness (QED) is 0.763. The summed E-state index contributed by atoms with van der Waals surface area (Å²) in [4.78, 5) is 2.67. The van der Waals surface area contributed by atoms with Crippen LogP contribution in [0.4, 0.5) is 0 Å². The molecular formula is C15H24BrN3. The van der Waals surface area contributed by atoms with E-state index >= 15 is 0 Å². The third-order valence-electron chi connectivity index (χ3n) is 4.25. The van der Waals surface area contributed by atoms with Crippen LogP contribution in [-0.4, -0.2) is 27.8 Å². The minimum Gasteiger partial charge on any atom is -0.297 e. The molecule has 1 heterocycles. The van der Waals surface area contributed by atoms with E-state index in [1.807, 2.05) is 0 Å². The van der Waals surface area contributed by atoms with Crippen molar-refractivity contribution in [3.63, 3.8) is 0 Å². The molecule has 2 saturated carbocycles. The Hall–Kier alpha value is -0.350. The van der Waals surface area contributed by atoms with Crippen molar-refractivity contribution in [3.8, 4) is 0 Å². The number of hydrogen-bond acceptors (Lipinski definition) is 2. The van der Waals surface area contributed by atoms with Crippen LogP contribution >= 0.6 is 15.9 Å². The Labute approximate surface area is 124 Å². The van der Waals surface area contributed by atoms with Gasteiger partial charge in [0.2, 0.25) is 0 Å². The van der Waals surface area contributed by atoms with Crippen LogP contribution in [-0.2, 0) is 13.1 Å². The highest BCUT2D eigenvalue weighted by Crippen LogP contribution is 2.35. The Balaban J connectivity index is 1.71. The van der Waals surface area contributed by atoms with E-state index < -0.39 is 0 Å². The zero-order valence-electron chi connectivity index (χ0n) is 12.0. The van der Waals surface area contributed by atoms with Crippen LogP contribution in [0.1, 0.15) is 44.0 Å². The molecule has 106 valence electrons. The van der Waals surface area contributed by atoms with Crippen molar-refractivity contribution >= 4 is 15.9 Å². The van der Waals surface area contributed by atoms with Gasteiger partial charge < -0.3 is 0 Å². The third-order valence-corrected chi connectivity index (χ3v) is 5.28. The Bertz CT molecular complexity index is 432. The standard InChI is InChI=1S/C15H24BrN3/c1-3-19-14(15(16)11(2)17-19)10-18(8-12-4-5-12)9-13-6-7-13/h12-13H,3-10H2,1-2H3. The van der Waals surface area contributed by atoms with Crippen molar-refractivity contribution < 1.29 is 0 Å². The number of aryl methyl sites for hydroxylation is 2. The van der Waals surface area contributed by atoms with Gasteiger partial charge in [-0.15, -0.1) is 0 Å². The van der Waals surface area contributed by atoms with Crippen LogP contribution < -0.4 is 0 Å². The summed E-state index contributed by atoms with van der Waals surface area (Å²) in [6, 6.07) is 0. The summed E-state index contributed by atoms with van der Waals surface area (Å²) in [5, 5.41) is 4.61. The molecular weight excluding hydrogens is 302 g/mol. The predicted molar refractivity (Wildman–Crippen MR) is 81.1 cm³/mol. The van der Waals surface area contributed by atoms with E-state index in [1.54, 1.807) is 0 Å².